The summed E-state index contributed by atoms with van der Waals surface area (Å²) in [5.41, 5.74) is 0.571. The van der Waals surface area contributed by atoms with Crippen molar-refractivity contribution in [3.8, 4) is 0 Å². The molecule has 1 saturated carbocycles. The molecule has 0 spiro atoms. The number of methoxy groups -OCH3 is 1. The number of aliphatic hydroxyl groups excluding tert-OH is 2. The smallest absolute Gasteiger partial charge is 0.334 e. The van der Waals surface area contributed by atoms with Crippen molar-refractivity contribution in [3.05, 3.63) is 11.1 Å². The summed E-state index contributed by atoms with van der Waals surface area (Å²) in [6, 6.07) is 0. The number of esters is 1. The first-order chi connectivity index (χ1) is 9.16. The summed E-state index contributed by atoms with van der Waals surface area (Å²) in [6.45, 7) is 7.98. The molecule has 0 radical (unpaired) electrons. The van der Waals surface area contributed by atoms with Crippen LogP contribution in [0.5, 0.6) is 0 Å². The first kappa shape index (κ1) is 15.5. The topological polar surface area (TPSA) is 66.8 Å². The molecule has 0 aliphatic heterocycles. The molecule has 0 aromatic carbocycles. The van der Waals surface area contributed by atoms with E-state index in [-0.39, 0.29) is 17.3 Å². The van der Waals surface area contributed by atoms with E-state index in [1.165, 1.54) is 7.11 Å². The zero-order chi connectivity index (χ0) is 15.3. The molecule has 0 saturated heterocycles. The molecule has 2 aliphatic rings. The van der Waals surface area contributed by atoms with Crippen molar-refractivity contribution in [1.29, 1.82) is 0 Å². The molecule has 4 nitrogen and oxygen atoms in total. The lowest BCUT2D eigenvalue weighted by molar-refractivity contribution is -0.147. The summed E-state index contributed by atoms with van der Waals surface area (Å²) in [5.74, 6) is -0.518. The molecule has 2 aliphatic carbocycles. The molecule has 2 N–H and O–H groups in total. The molecular formula is C16H26O4. The largest absolute Gasteiger partial charge is 0.466 e. The summed E-state index contributed by atoms with van der Waals surface area (Å²) in [6.07, 6.45) is 1.02. The van der Waals surface area contributed by atoms with E-state index in [4.69, 9.17) is 4.74 Å². The van der Waals surface area contributed by atoms with Crippen LogP contribution in [0.4, 0.5) is 0 Å². The molecule has 4 atom stereocenters. The van der Waals surface area contributed by atoms with Gasteiger partial charge in [0.05, 0.1) is 13.2 Å². The van der Waals surface area contributed by atoms with E-state index in [0.717, 1.165) is 19.3 Å². The Morgan fingerprint density at radius 1 is 1.25 bits per heavy atom. The van der Waals surface area contributed by atoms with Gasteiger partial charge in [-0.2, -0.15) is 0 Å². The highest BCUT2D eigenvalue weighted by atomic mass is 16.5. The fraction of sp³-hybridized carbons (Fsp3) is 0.812. The lowest BCUT2D eigenvalue weighted by Gasteiger charge is -2.56. The van der Waals surface area contributed by atoms with Crippen LogP contribution in [-0.2, 0) is 9.53 Å². The van der Waals surface area contributed by atoms with Crippen molar-refractivity contribution in [2.24, 2.45) is 16.7 Å². The standard InChI is InChI=1S/C16H26O4/c1-9-10(14(19)20-5)16(4)8-6-7-15(2,3)13(16)12(18)11(9)17/h11-13,17-18H,6-8H2,1-5H3/t11-,12-,13+,16-/m1/s1. The highest BCUT2D eigenvalue weighted by Gasteiger charge is 2.58. The minimum atomic E-state index is -0.987. The Kier molecular flexibility index (Phi) is 3.76. The Morgan fingerprint density at radius 2 is 1.85 bits per heavy atom. The number of hydrogen-bond acceptors (Lipinski definition) is 4. The van der Waals surface area contributed by atoms with Crippen LogP contribution in [-0.4, -0.2) is 35.5 Å². The van der Waals surface area contributed by atoms with Crippen LogP contribution in [0.25, 0.3) is 0 Å². The third-order valence-corrected chi connectivity index (χ3v) is 5.51. The van der Waals surface area contributed by atoms with E-state index in [1.54, 1.807) is 6.92 Å². The molecule has 2 rings (SSSR count). The van der Waals surface area contributed by atoms with Gasteiger partial charge in [0, 0.05) is 16.9 Å². The number of aliphatic hydroxyl groups is 2. The fourth-order valence-corrected chi connectivity index (χ4v) is 4.74. The van der Waals surface area contributed by atoms with Gasteiger partial charge in [-0.3, -0.25) is 0 Å². The van der Waals surface area contributed by atoms with Crippen LogP contribution in [0.1, 0.15) is 47.0 Å². The van der Waals surface area contributed by atoms with Crippen molar-refractivity contribution in [3.63, 3.8) is 0 Å². The number of carbonyl (C=O) groups is 1. The molecule has 0 bridgehead atoms. The summed E-state index contributed by atoms with van der Waals surface area (Å²) >= 11 is 0. The quantitative estimate of drug-likeness (QED) is 0.722. The zero-order valence-corrected chi connectivity index (χ0v) is 13.1. The second-order valence-electron chi connectivity index (χ2n) is 7.22. The lowest BCUT2D eigenvalue weighted by Crippen LogP contribution is -2.57. The fourth-order valence-electron chi connectivity index (χ4n) is 4.74. The maximum atomic E-state index is 12.2. The second-order valence-corrected chi connectivity index (χ2v) is 7.22. The average molecular weight is 282 g/mol. The van der Waals surface area contributed by atoms with E-state index in [0.29, 0.717) is 11.1 Å². The van der Waals surface area contributed by atoms with Gasteiger partial charge < -0.3 is 14.9 Å². The molecular weight excluding hydrogens is 256 g/mol. The maximum absolute atomic E-state index is 12.2. The SMILES string of the molecule is COC(=O)C1=C(C)[C@@H](O)[C@@H](O)[C@H]2C(C)(C)CCC[C@]12C. The van der Waals surface area contributed by atoms with Crippen LogP contribution < -0.4 is 0 Å². The second kappa shape index (κ2) is 4.85. The van der Waals surface area contributed by atoms with Crippen molar-refractivity contribution in [2.75, 3.05) is 7.11 Å². The summed E-state index contributed by atoms with van der Waals surface area (Å²) in [4.78, 5) is 12.2. The Hall–Kier alpha value is -0.870. The predicted octanol–water partition coefficient (Wildman–Crippen LogP) is 2.04. The highest BCUT2D eigenvalue weighted by molar-refractivity contribution is 5.91. The Morgan fingerprint density at radius 3 is 2.40 bits per heavy atom. The van der Waals surface area contributed by atoms with E-state index in [9.17, 15) is 15.0 Å². The maximum Gasteiger partial charge on any atom is 0.334 e. The number of hydrogen-bond donors (Lipinski definition) is 2. The summed E-state index contributed by atoms with van der Waals surface area (Å²) < 4.78 is 4.94. The molecule has 0 heterocycles. The molecule has 0 amide bonds. The predicted molar refractivity (Wildman–Crippen MR) is 76.0 cm³/mol. The lowest BCUT2D eigenvalue weighted by atomic mass is 9.49. The first-order valence-electron chi connectivity index (χ1n) is 7.32. The molecule has 20 heavy (non-hydrogen) atoms. The summed E-state index contributed by atoms with van der Waals surface area (Å²) in [5, 5.41) is 20.9. The van der Waals surface area contributed by atoms with E-state index in [2.05, 4.69) is 13.8 Å². The van der Waals surface area contributed by atoms with Crippen molar-refractivity contribution in [2.45, 2.75) is 59.2 Å². The van der Waals surface area contributed by atoms with Gasteiger partial charge in [-0.05, 0) is 30.8 Å². The van der Waals surface area contributed by atoms with Gasteiger partial charge in [0.25, 0.3) is 0 Å². The average Bonchev–Trinajstić information content (AvgIpc) is 2.34. The van der Waals surface area contributed by atoms with Crippen LogP contribution >= 0.6 is 0 Å². The molecule has 0 aromatic heterocycles. The van der Waals surface area contributed by atoms with Crippen LogP contribution in [0.15, 0.2) is 11.1 Å². The number of fused-ring (bicyclic) bond motifs is 1. The van der Waals surface area contributed by atoms with Gasteiger partial charge in [0.1, 0.15) is 6.10 Å². The Bertz CT molecular complexity index is 451. The molecule has 4 heteroatoms. The minimum absolute atomic E-state index is 0.118. The van der Waals surface area contributed by atoms with E-state index in [1.807, 2.05) is 6.92 Å². The number of rotatable bonds is 1. The van der Waals surface area contributed by atoms with Crippen LogP contribution in [0.3, 0.4) is 0 Å². The zero-order valence-electron chi connectivity index (χ0n) is 13.1. The monoisotopic (exact) mass is 282 g/mol. The van der Waals surface area contributed by atoms with Crippen LogP contribution in [0, 0.1) is 16.7 Å². The molecule has 0 unspecified atom stereocenters. The van der Waals surface area contributed by atoms with Gasteiger partial charge in [-0.1, -0.05) is 27.2 Å². The molecule has 1 fully saturated rings. The van der Waals surface area contributed by atoms with Crippen molar-refractivity contribution >= 4 is 5.97 Å². The normalized spacial score (nSPS) is 40.2. The first-order valence-corrected chi connectivity index (χ1v) is 7.32. The van der Waals surface area contributed by atoms with Gasteiger partial charge in [0.2, 0.25) is 0 Å². The van der Waals surface area contributed by atoms with Gasteiger partial charge in [0.15, 0.2) is 0 Å². The number of carbonyl (C=O) groups excluding carboxylic acids is 1. The molecule has 0 aromatic rings. The summed E-state index contributed by atoms with van der Waals surface area (Å²) in [7, 11) is 1.37. The van der Waals surface area contributed by atoms with Crippen molar-refractivity contribution in [1.82, 2.24) is 0 Å². The van der Waals surface area contributed by atoms with Crippen LogP contribution in [0.2, 0.25) is 0 Å². The Labute approximate surface area is 120 Å². The van der Waals surface area contributed by atoms with Gasteiger partial charge >= 0.3 is 5.97 Å². The Balaban J connectivity index is 2.63. The van der Waals surface area contributed by atoms with Crippen molar-refractivity contribution < 1.29 is 19.7 Å². The van der Waals surface area contributed by atoms with E-state index >= 15 is 0 Å². The molecule has 114 valence electrons. The number of ether oxygens (including phenoxy) is 1. The van der Waals surface area contributed by atoms with Gasteiger partial charge in [-0.15, -0.1) is 0 Å². The highest BCUT2D eigenvalue weighted by Crippen LogP contribution is 2.59. The minimum Gasteiger partial charge on any atom is -0.466 e. The third kappa shape index (κ3) is 2.01. The van der Waals surface area contributed by atoms with Gasteiger partial charge in [-0.25, -0.2) is 4.79 Å². The van der Waals surface area contributed by atoms with E-state index < -0.39 is 17.6 Å². The third-order valence-electron chi connectivity index (χ3n) is 5.51.